The van der Waals surface area contributed by atoms with Crippen molar-refractivity contribution in [2.75, 3.05) is 26.7 Å². The summed E-state index contributed by atoms with van der Waals surface area (Å²) in [4.78, 5) is 36.7. The van der Waals surface area contributed by atoms with Gasteiger partial charge in [-0.05, 0) is 24.1 Å². The molecule has 0 unspecified atom stereocenters. The molecule has 2 rings (SSSR count). The number of methoxy groups -OCH3 is 1. The van der Waals surface area contributed by atoms with Gasteiger partial charge in [-0.15, -0.1) is 0 Å². The zero-order valence-corrected chi connectivity index (χ0v) is 13.1. The molecular weight excluding hydrogens is 300 g/mol. The molecule has 1 aromatic rings. The lowest BCUT2D eigenvalue weighted by Crippen LogP contribution is -2.39. The third-order valence-corrected chi connectivity index (χ3v) is 4.01. The number of nitrogens with zero attached hydrogens (tertiary/aromatic N) is 1. The van der Waals surface area contributed by atoms with E-state index in [4.69, 9.17) is 9.84 Å². The zero-order valence-electron chi connectivity index (χ0n) is 13.1. The fraction of sp³-hybridized carbons (Fsp3) is 0.438. The number of carboxylic acids is 1. The number of ether oxygens (including phenoxy) is 1. The van der Waals surface area contributed by atoms with Crippen LogP contribution in [0.25, 0.3) is 0 Å². The minimum atomic E-state index is -0.895. The molecule has 2 N–H and O–H groups in total. The summed E-state index contributed by atoms with van der Waals surface area (Å²) in [6, 6.07) is 6.62. The molecule has 0 radical (unpaired) electrons. The van der Waals surface area contributed by atoms with Crippen molar-refractivity contribution >= 4 is 17.8 Å². The number of aliphatic carboxylic acids is 1. The van der Waals surface area contributed by atoms with Gasteiger partial charge in [-0.3, -0.25) is 14.4 Å². The van der Waals surface area contributed by atoms with Crippen LogP contribution in [0.2, 0.25) is 0 Å². The molecule has 0 spiro atoms. The summed E-state index contributed by atoms with van der Waals surface area (Å²) in [7, 11) is 1.51. The average molecular weight is 320 g/mol. The van der Waals surface area contributed by atoms with Crippen molar-refractivity contribution in [3.05, 3.63) is 29.8 Å². The van der Waals surface area contributed by atoms with Gasteiger partial charge in [0, 0.05) is 18.7 Å². The van der Waals surface area contributed by atoms with Gasteiger partial charge in [0.05, 0.1) is 19.6 Å². The molecule has 0 aliphatic carbocycles. The number of benzene rings is 1. The third-order valence-electron chi connectivity index (χ3n) is 4.01. The Balaban J connectivity index is 1.89. The third kappa shape index (κ3) is 4.00. The van der Waals surface area contributed by atoms with Gasteiger partial charge in [0.2, 0.25) is 5.91 Å². The van der Waals surface area contributed by atoms with E-state index >= 15 is 0 Å². The average Bonchev–Trinajstić information content (AvgIpc) is 2.94. The lowest BCUT2D eigenvalue weighted by molar-refractivity contribution is -0.142. The second-order valence-corrected chi connectivity index (χ2v) is 5.64. The van der Waals surface area contributed by atoms with E-state index < -0.39 is 11.9 Å². The lowest BCUT2D eigenvalue weighted by atomic mass is 9.99. The molecule has 0 bridgehead atoms. The molecule has 0 saturated carbocycles. The van der Waals surface area contributed by atoms with Crippen LogP contribution in [0.15, 0.2) is 24.3 Å². The SMILES string of the molecule is COc1cccc(C(=O)NCC(=O)N2C[C@@H](C)[C@H](C(=O)O)C2)c1. The number of carbonyl (C=O) groups excluding carboxylic acids is 2. The first-order valence-corrected chi connectivity index (χ1v) is 7.35. The Bertz CT molecular complexity index is 616. The van der Waals surface area contributed by atoms with Crippen LogP contribution in [0.3, 0.4) is 0 Å². The molecule has 1 aromatic carbocycles. The Kier molecular flexibility index (Phi) is 5.20. The second-order valence-electron chi connectivity index (χ2n) is 5.64. The number of amides is 2. The van der Waals surface area contributed by atoms with E-state index in [0.29, 0.717) is 17.9 Å². The largest absolute Gasteiger partial charge is 0.497 e. The van der Waals surface area contributed by atoms with Crippen LogP contribution in [0.1, 0.15) is 17.3 Å². The molecule has 23 heavy (non-hydrogen) atoms. The number of likely N-dealkylation sites (tertiary alicyclic amines) is 1. The van der Waals surface area contributed by atoms with Crippen molar-refractivity contribution < 1.29 is 24.2 Å². The van der Waals surface area contributed by atoms with Crippen molar-refractivity contribution in [2.45, 2.75) is 6.92 Å². The van der Waals surface area contributed by atoms with Gasteiger partial charge >= 0.3 is 5.97 Å². The summed E-state index contributed by atoms with van der Waals surface area (Å²) >= 11 is 0. The van der Waals surface area contributed by atoms with Crippen LogP contribution in [0, 0.1) is 11.8 Å². The van der Waals surface area contributed by atoms with Crippen molar-refractivity contribution in [1.82, 2.24) is 10.2 Å². The monoisotopic (exact) mass is 320 g/mol. The van der Waals surface area contributed by atoms with E-state index in [1.807, 2.05) is 0 Å². The summed E-state index contributed by atoms with van der Waals surface area (Å²) < 4.78 is 5.05. The number of hydrogen-bond donors (Lipinski definition) is 2. The van der Waals surface area contributed by atoms with E-state index in [1.54, 1.807) is 31.2 Å². The first kappa shape index (κ1) is 16.8. The standard InChI is InChI=1S/C16H20N2O5/c1-10-8-18(9-13(10)16(21)22)14(19)7-17-15(20)11-4-3-5-12(6-11)23-2/h3-6,10,13H,7-9H2,1-2H3,(H,17,20)(H,21,22)/t10-,13-/m1/s1. The highest BCUT2D eigenvalue weighted by atomic mass is 16.5. The van der Waals surface area contributed by atoms with Gasteiger partial charge in [0.1, 0.15) is 5.75 Å². The Morgan fingerprint density at radius 2 is 2.09 bits per heavy atom. The summed E-state index contributed by atoms with van der Waals surface area (Å²) in [5.74, 6) is -1.63. The molecule has 1 aliphatic rings. The van der Waals surface area contributed by atoms with Crippen LogP contribution in [0.4, 0.5) is 0 Å². The number of carbonyl (C=O) groups is 3. The summed E-state index contributed by atoms with van der Waals surface area (Å²) in [5.41, 5.74) is 0.398. The minimum absolute atomic E-state index is 0.0921. The minimum Gasteiger partial charge on any atom is -0.497 e. The van der Waals surface area contributed by atoms with Crippen LogP contribution in [-0.2, 0) is 9.59 Å². The van der Waals surface area contributed by atoms with E-state index in [-0.39, 0.29) is 30.8 Å². The topological polar surface area (TPSA) is 95.9 Å². The van der Waals surface area contributed by atoms with Crippen molar-refractivity contribution in [3.63, 3.8) is 0 Å². The fourth-order valence-electron chi connectivity index (χ4n) is 2.63. The molecule has 0 aromatic heterocycles. The molecule has 124 valence electrons. The highest BCUT2D eigenvalue weighted by molar-refractivity contribution is 5.96. The molecule has 7 heteroatoms. The number of hydrogen-bond acceptors (Lipinski definition) is 4. The number of carboxylic acid groups (broad SMARTS) is 1. The predicted octanol–water partition coefficient (Wildman–Crippen LogP) is 0.604. The first-order valence-electron chi connectivity index (χ1n) is 7.35. The molecule has 1 saturated heterocycles. The predicted molar refractivity (Wildman–Crippen MR) is 82.2 cm³/mol. The number of nitrogens with one attached hydrogen (secondary N) is 1. The van der Waals surface area contributed by atoms with Gasteiger partial charge in [0.25, 0.3) is 5.91 Å². The Morgan fingerprint density at radius 3 is 2.70 bits per heavy atom. The Morgan fingerprint density at radius 1 is 1.35 bits per heavy atom. The summed E-state index contributed by atoms with van der Waals surface area (Å²) in [6.45, 7) is 2.23. The fourth-order valence-corrected chi connectivity index (χ4v) is 2.63. The lowest BCUT2D eigenvalue weighted by Gasteiger charge is -2.16. The van der Waals surface area contributed by atoms with Gasteiger partial charge in [-0.25, -0.2) is 0 Å². The van der Waals surface area contributed by atoms with E-state index in [9.17, 15) is 14.4 Å². The molecule has 1 fully saturated rings. The molecular formula is C16H20N2O5. The maximum absolute atomic E-state index is 12.1. The maximum atomic E-state index is 12.1. The number of rotatable bonds is 5. The van der Waals surface area contributed by atoms with Crippen molar-refractivity contribution in [1.29, 1.82) is 0 Å². The van der Waals surface area contributed by atoms with Crippen LogP contribution in [-0.4, -0.2) is 54.5 Å². The zero-order chi connectivity index (χ0) is 17.0. The quantitative estimate of drug-likeness (QED) is 0.828. The normalized spacial score (nSPS) is 20.2. The van der Waals surface area contributed by atoms with E-state index in [0.717, 1.165) is 0 Å². The van der Waals surface area contributed by atoms with Gasteiger partial charge in [-0.2, -0.15) is 0 Å². The summed E-state index contributed by atoms with van der Waals surface area (Å²) in [6.07, 6.45) is 0. The second kappa shape index (κ2) is 7.13. The smallest absolute Gasteiger partial charge is 0.308 e. The van der Waals surface area contributed by atoms with Gasteiger partial charge in [0.15, 0.2) is 0 Å². The highest BCUT2D eigenvalue weighted by Gasteiger charge is 2.36. The molecule has 7 nitrogen and oxygen atoms in total. The van der Waals surface area contributed by atoms with Crippen molar-refractivity contribution in [3.8, 4) is 5.75 Å². The van der Waals surface area contributed by atoms with Crippen LogP contribution in [0.5, 0.6) is 5.75 Å². The molecule has 1 aliphatic heterocycles. The van der Waals surface area contributed by atoms with Crippen LogP contribution >= 0.6 is 0 Å². The van der Waals surface area contributed by atoms with Gasteiger partial charge in [-0.1, -0.05) is 13.0 Å². The Labute approximate surface area is 134 Å². The highest BCUT2D eigenvalue weighted by Crippen LogP contribution is 2.23. The van der Waals surface area contributed by atoms with Gasteiger partial charge < -0.3 is 20.1 Å². The van der Waals surface area contributed by atoms with Crippen molar-refractivity contribution in [2.24, 2.45) is 11.8 Å². The maximum Gasteiger partial charge on any atom is 0.308 e. The van der Waals surface area contributed by atoms with Crippen LogP contribution < -0.4 is 10.1 Å². The van der Waals surface area contributed by atoms with E-state index in [1.165, 1.54) is 12.0 Å². The Hall–Kier alpha value is -2.57. The first-order chi connectivity index (χ1) is 10.9. The molecule has 1 heterocycles. The molecule has 2 amide bonds. The van der Waals surface area contributed by atoms with E-state index in [2.05, 4.69) is 5.32 Å². The molecule has 2 atom stereocenters. The summed E-state index contributed by atoms with van der Waals surface area (Å²) in [5, 5.41) is 11.6.